The Morgan fingerprint density at radius 2 is 2.00 bits per heavy atom. The van der Waals surface area contributed by atoms with Gasteiger partial charge in [-0.05, 0) is 48.3 Å². The monoisotopic (exact) mass is 231 g/mol. The maximum absolute atomic E-state index is 11.3. The van der Waals surface area contributed by atoms with Crippen LogP contribution in [0.1, 0.15) is 35.2 Å². The number of carboxylic acids is 1. The first-order valence-corrected chi connectivity index (χ1v) is 5.44. The Morgan fingerprint density at radius 1 is 1.24 bits per heavy atom. The molecule has 0 aromatic heterocycles. The highest BCUT2D eigenvalue weighted by Gasteiger charge is 2.14. The Balaban J connectivity index is 2.45. The number of carbonyl (C=O) groups is 2. The quantitative estimate of drug-likeness (QED) is 0.764. The van der Waals surface area contributed by atoms with Gasteiger partial charge in [-0.25, -0.2) is 4.79 Å². The first kappa shape index (κ1) is 11.4. The molecular formula is C13H13NO3. The van der Waals surface area contributed by atoms with E-state index in [1.165, 1.54) is 6.07 Å². The lowest BCUT2D eigenvalue weighted by Gasteiger charge is -2.13. The lowest BCUT2D eigenvalue weighted by atomic mass is 9.92. The number of benzene rings is 1. The van der Waals surface area contributed by atoms with Crippen LogP contribution >= 0.6 is 0 Å². The second-order valence-electron chi connectivity index (χ2n) is 4.14. The van der Waals surface area contributed by atoms with E-state index >= 15 is 0 Å². The topological polar surface area (TPSA) is 80.4 Å². The normalized spacial score (nSPS) is 15.5. The fourth-order valence-electron chi connectivity index (χ4n) is 1.98. The van der Waals surface area contributed by atoms with Crippen LogP contribution < -0.4 is 5.73 Å². The van der Waals surface area contributed by atoms with Crippen LogP contribution in [0, 0.1) is 0 Å². The summed E-state index contributed by atoms with van der Waals surface area (Å²) in [6.45, 7) is 0. The molecular weight excluding hydrogens is 218 g/mol. The molecule has 0 bridgehead atoms. The molecule has 1 aliphatic carbocycles. The van der Waals surface area contributed by atoms with Crippen molar-refractivity contribution < 1.29 is 14.7 Å². The van der Waals surface area contributed by atoms with Gasteiger partial charge in [-0.15, -0.1) is 0 Å². The summed E-state index contributed by atoms with van der Waals surface area (Å²) in [6.07, 6.45) is 3.75. The average Bonchev–Trinajstić information content (AvgIpc) is 2.28. The Morgan fingerprint density at radius 3 is 2.65 bits per heavy atom. The fraction of sp³-hybridized carbons (Fsp3) is 0.231. The highest BCUT2D eigenvalue weighted by molar-refractivity contribution is 5.99. The minimum absolute atomic E-state index is 0.0885. The van der Waals surface area contributed by atoms with Crippen molar-refractivity contribution in [2.24, 2.45) is 0 Å². The number of allylic oxidation sites excluding steroid dienone is 2. The van der Waals surface area contributed by atoms with Crippen LogP contribution in [0.3, 0.4) is 0 Å². The Bertz CT molecular complexity index is 517. The molecule has 0 fully saturated rings. The Kier molecular flexibility index (Phi) is 2.95. The number of anilines is 1. The first-order chi connectivity index (χ1) is 8.06. The van der Waals surface area contributed by atoms with Gasteiger partial charge >= 0.3 is 5.97 Å². The van der Waals surface area contributed by atoms with E-state index < -0.39 is 5.97 Å². The number of aromatic carboxylic acids is 1. The molecule has 2 rings (SSSR count). The van der Waals surface area contributed by atoms with Crippen LogP contribution in [0.15, 0.2) is 24.3 Å². The predicted octanol–water partition coefficient (Wildman–Crippen LogP) is 2.10. The average molecular weight is 231 g/mol. The molecule has 3 N–H and O–H groups in total. The van der Waals surface area contributed by atoms with E-state index in [1.807, 2.05) is 0 Å². The van der Waals surface area contributed by atoms with Gasteiger partial charge in [-0.2, -0.15) is 0 Å². The van der Waals surface area contributed by atoms with Crippen LogP contribution in [0.4, 0.5) is 5.69 Å². The van der Waals surface area contributed by atoms with E-state index in [1.54, 1.807) is 18.2 Å². The molecule has 0 radical (unpaired) electrons. The first-order valence-electron chi connectivity index (χ1n) is 5.44. The zero-order valence-electron chi connectivity index (χ0n) is 9.27. The molecule has 1 aromatic rings. The number of nitrogen functional groups attached to an aromatic ring is 1. The molecule has 0 unspecified atom stereocenters. The predicted molar refractivity (Wildman–Crippen MR) is 64.6 cm³/mol. The molecule has 0 spiro atoms. The number of nitrogens with two attached hydrogens (primary N) is 1. The van der Waals surface area contributed by atoms with E-state index in [-0.39, 0.29) is 11.3 Å². The number of hydrogen-bond acceptors (Lipinski definition) is 3. The van der Waals surface area contributed by atoms with Gasteiger partial charge in [-0.3, -0.25) is 4.79 Å². The molecule has 0 aliphatic heterocycles. The van der Waals surface area contributed by atoms with Crippen molar-refractivity contribution in [1.82, 2.24) is 0 Å². The summed E-state index contributed by atoms with van der Waals surface area (Å²) in [5.74, 6) is -0.924. The molecule has 0 atom stereocenters. The SMILES string of the molecule is Nc1cc(C(=O)O)cc(C2=CC(=O)CCC2)c1. The lowest BCUT2D eigenvalue weighted by Crippen LogP contribution is -2.04. The molecule has 1 aromatic carbocycles. The molecule has 4 nitrogen and oxygen atoms in total. The molecule has 0 saturated carbocycles. The molecule has 0 heterocycles. The van der Waals surface area contributed by atoms with E-state index in [0.29, 0.717) is 12.1 Å². The van der Waals surface area contributed by atoms with Crippen molar-refractivity contribution in [3.8, 4) is 0 Å². The number of rotatable bonds is 2. The smallest absolute Gasteiger partial charge is 0.335 e. The van der Waals surface area contributed by atoms with Gasteiger partial charge in [0.25, 0.3) is 0 Å². The van der Waals surface area contributed by atoms with Crippen molar-refractivity contribution in [1.29, 1.82) is 0 Å². The van der Waals surface area contributed by atoms with Crippen LogP contribution in [-0.4, -0.2) is 16.9 Å². The molecule has 0 amide bonds. The summed E-state index contributed by atoms with van der Waals surface area (Å²) in [7, 11) is 0. The van der Waals surface area contributed by atoms with Gasteiger partial charge in [0.15, 0.2) is 5.78 Å². The van der Waals surface area contributed by atoms with Gasteiger partial charge < -0.3 is 10.8 Å². The van der Waals surface area contributed by atoms with Crippen LogP contribution in [0.2, 0.25) is 0 Å². The minimum atomic E-state index is -1.01. The summed E-state index contributed by atoms with van der Waals surface area (Å²) in [5, 5.41) is 8.94. The number of hydrogen-bond donors (Lipinski definition) is 2. The van der Waals surface area contributed by atoms with Crippen molar-refractivity contribution in [2.75, 3.05) is 5.73 Å². The largest absolute Gasteiger partial charge is 0.478 e. The van der Waals surface area contributed by atoms with Gasteiger partial charge in [-0.1, -0.05) is 0 Å². The third-order valence-corrected chi connectivity index (χ3v) is 2.78. The summed E-state index contributed by atoms with van der Waals surface area (Å²) in [6, 6.07) is 4.68. The second kappa shape index (κ2) is 4.41. The zero-order valence-corrected chi connectivity index (χ0v) is 9.27. The number of carboxylic acid groups (broad SMARTS) is 1. The lowest BCUT2D eigenvalue weighted by molar-refractivity contribution is -0.114. The molecule has 4 heteroatoms. The Labute approximate surface area is 98.7 Å². The molecule has 88 valence electrons. The van der Waals surface area contributed by atoms with Gasteiger partial charge in [0.1, 0.15) is 0 Å². The molecule has 17 heavy (non-hydrogen) atoms. The maximum atomic E-state index is 11.3. The van der Waals surface area contributed by atoms with Gasteiger partial charge in [0.2, 0.25) is 0 Å². The van der Waals surface area contributed by atoms with Crippen LogP contribution in [0.25, 0.3) is 5.57 Å². The summed E-state index contributed by atoms with van der Waals surface area (Å²) in [4.78, 5) is 22.2. The summed E-state index contributed by atoms with van der Waals surface area (Å²) in [5.41, 5.74) is 7.82. The fourth-order valence-corrected chi connectivity index (χ4v) is 1.98. The minimum Gasteiger partial charge on any atom is -0.478 e. The van der Waals surface area contributed by atoms with Crippen molar-refractivity contribution >= 4 is 23.0 Å². The number of ketones is 1. The molecule has 0 saturated heterocycles. The van der Waals surface area contributed by atoms with E-state index in [4.69, 9.17) is 10.8 Å². The molecule has 1 aliphatic rings. The van der Waals surface area contributed by atoms with Crippen molar-refractivity contribution in [3.05, 3.63) is 35.4 Å². The Hall–Kier alpha value is -2.10. The highest BCUT2D eigenvalue weighted by atomic mass is 16.4. The van der Waals surface area contributed by atoms with Gasteiger partial charge in [0.05, 0.1) is 5.56 Å². The van der Waals surface area contributed by atoms with Crippen molar-refractivity contribution in [3.63, 3.8) is 0 Å². The summed E-state index contributed by atoms with van der Waals surface area (Å²) < 4.78 is 0. The second-order valence-corrected chi connectivity index (χ2v) is 4.14. The zero-order chi connectivity index (χ0) is 12.4. The van der Waals surface area contributed by atoms with Crippen molar-refractivity contribution in [2.45, 2.75) is 19.3 Å². The highest BCUT2D eigenvalue weighted by Crippen LogP contribution is 2.27. The van der Waals surface area contributed by atoms with E-state index in [9.17, 15) is 9.59 Å². The third kappa shape index (κ3) is 2.53. The van der Waals surface area contributed by atoms with E-state index in [2.05, 4.69) is 0 Å². The van der Waals surface area contributed by atoms with Crippen LogP contribution in [0.5, 0.6) is 0 Å². The summed E-state index contributed by atoms with van der Waals surface area (Å²) >= 11 is 0. The third-order valence-electron chi connectivity index (χ3n) is 2.78. The van der Waals surface area contributed by atoms with Crippen LogP contribution in [-0.2, 0) is 4.79 Å². The number of carbonyl (C=O) groups excluding carboxylic acids is 1. The van der Waals surface area contributed by atoms with Gasteiger partial charge in [0, 0.05) is 12.1 Å². The van der Waals surface area contributed by atoms with E-state index in [0.717, 1.165) is 24.0 Å². The standard InChI is InChI=1S/C13H13NO3/c14-11-5-9(4-10(6-11)13(16)17)8-2-1-3-12(15)7-8/h4-7H,1-3,14H2,(H,16,17). The maximum Gasteiger partial charge on any atom is 0.335 e.